The Morgan fingerprint density at radius 3 is 2.42 bits per heavy atom. The summed E-state index contributed by atoms with van der Waals surface area (Å²) in [5.74, 6) is 0. The van der Waals surface area contributed by atoms with E-state index >= 15 is 0 Å². The van der Waals surface area contributed by atoms with Crippen LogP contribution in [0.2, 0.25) is 0 Å². The quantitative estimate of drug-likeness (QED) is 0.654. The molecule has 106 valence electrons. The molecular weight excluding hydrogens is 284 g/mol. The summed E-state index contributed by atoms with van der Waals surface area (Å²) >= 11 is 4.77. The van der Waals surface area contributed by atoms with E-state index in [4.69, 9.17) is 23.1 Å². The first-order chi connectivity index (χ1) is 8.90. The molecule has 1 unspecified atom stereocenters. The van der Waals surface area contributed by atoms with Gasteiger partial charge in [-0.15, -0.1) is 0 Å². The maximum atomic E-state index is 12.1. The molecule has 0 spiro atoms. The minimum atomic E-state index is -3.62. The van der Waals surface area contributed by atoms with Crippen LogP contribution in [-0.2, 0) is 16.4 Å². The fourth-order valence-electron chi connectivity index (χ4n) is 1.68. The van der Waals surface area contributed by atoms with Crippen LogP contribution in [0.1, 0.15) is 18.9 Å². The molecule has 0 amide bonds. The van der Waals surface area contributed by atoms with Crippen molar-refractivity contribution >= 4 is 32.9 Å². The Morgan fingerprint density at radius 1 is 1.42 bits per heavy atom. The predicted molar refractivity (Wildman–Crippen MR) is 80.6 cm³/mol. The molecule has 19 heavy (non-hydrogen) atoms. The van der Waals surface area contributed by atoms with E-state index in [0.717, 1.165) is 5.56 Å². The minimum Gasteiger partial charge on any atom is -0.396 e. The molecule has 0 aliphatic carbocycles. The van der Waals surface area contributed by atoms with Crippen molar-refractivity contribution in [3.8, 4) is 0 Å². The lowest BCUT2D eigenvalue weighted by molar-refractivity contribution is 0.299. The van der Waals surface area contributed by atoms with Crippen LogP contribution in [0.15, 0.2) is 24.3 Å². The number of anilines is 1. The molecule has 4 N–H and O–H groups in total. The normalized spacial score (nSPS) is 12.9. The van der Waals surface area contributed by atoms with Gasteiger partial charge < -0.3 is 10.8 Å². The van der Waals surface area contributed by atoms with Crippen molar-refractivity contribution < 1.29 is 13.5 Å². The summed E-state index contributed by atoms with van der Waals surface area (Å²) in [6, 6.07) is 6.81. The second-order valence-electron chi connectivity index (χ2n) is 4.12. The van der Waals surface area contributed by atoms with Gasteiger partial charge in [0.1, 0.15) is 5.25 Å². The van der Waals surface area contributed by atoms with Gasteiger partial charge in [0.05, 0.1) is 4.99 Å². The van der Waals surface area contributed by atoms with Crippen molar-refractivity contribution in [2.45, 2.75) is 25.0 Å². The van der Waals surface area contributed by atoms with E-state index in [-0.39, 0.29) is 11.6 Å². The molecule has 7 heteroatoms. The Balaban J connectivity index is 2.86. The van der Waals surface area contributed by atoms with Crippen molar-refractivity contribution in [3.05, 3.63) is 29.8 Å². The van der Waals surface area contributed by atoms with Gasteiger partial charge in [0.15, 0.2) is 0 Å². The maximum absolute atomic E-state index is 12.1. The first kappa shape index (κ1) is 15.9. The summed E-state index contributed by atoms with van der Waals surface area (Å²) < 4.78 is 26.6. The fourth-order valence-corrected chi connectivity index (χ4v) is 3.58. The van der Waals surface area contributed by atoms with Crippen molar-refractivity contribution in [1.82, 2.24) is 0 Å². The Morgan fingerprint density at radius 2 is 2.00 bits per heavy atom. The van der Waals surface area contributed by atoms with Crippen molar-refractivity contribution in [1.29, 1.82) is 0 Å². The Bertz CT molecular complexity index is 526. The number of nitrogens with two attached hydrogens (primary N) is 1. The van der Waals surface area contributed by atoms with Gasteiger partial charge in [0.2, 0.25) is 10.0 Å². The summed E-state index contributed by atoms with van der Waals surface area (Å²) in [7, 11) is -3.62. The van der Waals surface area contributed by atoms with Gasteiger partial charge in [-0.3, -0.25) is 4.72 Å². The van der Waals surface area contributed by atoms with Gasteiger partial charge in [-0.25, -0.2) is 8.42 Å². The molecular formula is C12H18N2O3S2. The third-order valence-electron chi connectivity index (χ3n) is 2.68. The third-order valence-corrected chi connectivity index (χ3v) is 4.97. The fraction of sp³-hybridized carbons (Fsp3) is 0.417. The molecule has 0 fully saturated rings. The van der Waals surface area contributed by atoms with Crippen LogP contribution < -0.4 is 10.5 Å². The lowest BCUT2D eigenvalue weighted by atomic mass is 10.1. The molecule has 0 saturated heterocycles. The van der Waals surface area contributed by atoms with E-state index in [1.165, 1.54) is 0 Å². The van der Waals surface area contributed by atoms with Gasteiger partial charge in [-0.2, -0.15) is 0 Å². The molecule has 0 aliphatic heterocycles. The Hall–Kier alpha value is -1.18. The minimum absolute atomic E-state index is 0.0353. The first-order valence-electron chi connectivity index (χ1n) is 5.91. The number of sulfonamides is 1. The zero-order valence-corrected chi connectivity index (χ0v) is 12.3. The zero-order valence-electron chi connectivity index (χ0n) is 10.7. The van der Waals surface area contributed by atoms with E-state index < -0.39 is 15.3 Å². The van der Waals surface area contributed by atoms with Gasteiger partial charge in [-0.1, -0.05) is 31.3 Å². The molecule has 1 aromatic carbocycles. The number of nitrogens with one attached hydrogen (secondary N) is 1. The smallest absolute Gasteiger partial charge is 0.242 e. The summed E-state index contributed by atoms with van der Waals surface area (Å²) in [6.07, 6.45) is 0.866. The highest BCUT2D eigenvalue weighted by Gasteiger charge is 2.26. The SMILES string of the molecule is CCC(C(N)=S)S(=O)(=O)Nc1ccc(CCO)cc1. The van der Waals surface area contributed by atoms with Crippen LogP contribution in [0.5, 0.6) is 0 Å². The molecule has 0 saturated carbocycles. The van der Waals surface area contributed by atoms with Crippen LogP contribution in [0, 0.1) is 0 Å². The topological polar surface area (TPSA) is 92.4 Å². The summed E-state index contributed by atoms with van der Waals surface area (Å²) in [5.41, 5.74) is 6.83. The molecule has 0 radical (unpaired) electrons. The summed E-state index contributed by atoms with van der Waals surface area (Å²) in [6.45, 7) is 1.78. The maximum Gasteiger partial charge on any atom is 0.242 e. The van der Waals surface area contributed by atoms with E-state index in [9.17, 15) is 8.42 Å². The van der Waals surface area contributed by atoms with Crippen molar-refractivity contribution in [2.24, 2.45) is 5.73 Å². The number of rotatable bonds is 7. The average molecular weight is 302 g/mol. The summed E-state index contributed by atoms with van der Waals surface area (Å²) in [4.78, 5) is -0.0353. The largest absolute Gasteiger partial charge is 0.396 e. The van der Waals surface area contributed by atoms with Gasteiger partial charge in [-0.05, 0) is 30.5 Å². The molecule has 1 aromatic rings. The number of aliphatic hydroxyl groups is 1. The van der Waals surface area contributed by atoms with E-state index in [1.807, 2.05) is 0 Å². The highest BCUT2D eigenvalue weighted by molar-refractivity contribution is 7.95. The molecule has 0 bridgehead atoms. The second-order valence-corrected chi connectivity index (χ2v) is 6.45. The molecule has 5 nitrogen and oxygen atoms in total. The Kier molecular flexibility index (Phi) is 5.71. The molecule has 0 aromatic heterocycles. The van der Waals surface area contributed by atoms with E-state index in [2.05, 4.69) is 4.72 Å². The molecule has 1 rings (SSSR count). The first-order valence-corrected chi connectivity index (χ1v) is 7.87. The van der Waals surface area contributed by atoms with E-state index in [0.29, 0.717) is 18.5 Å². The van der Waals surface area contributed by atoms with Crippen LogP contribution in [0.4, 0.5) is 5.69 Å². The lowest BCUT2D eigenvalue weighted by Gasteiger charge is -2.16. The zero-order chi connectivity index (χ0) is 14.5. The molecule has 1 atom stereocenters. The standard InChI is InChI=1S/C12H18N2O3S2/c1-2-11(12(13)18)19(16,17)14-10-5-3-9(4-6-10)7-8-15/h3-6,11,14-15H,2,7-8H2,1H3,(H2,13,18). The van der Waals surface area contributed by atoms with Crippen molar-refractivity contribution in [2.75, 3.05) is 11.3 Å². The Labute approximate surface area is 118 Å². The highest BCUT2D eigenvalue weighted by atomic mass is 32.2. The monoisotopic (exact) mass is 302 g/mol. The van der Waals surface area contributed by atoms with Crippen LogP contribution in [-0.4, -0.2) is 30.4 Å². The number of aliphatic hydroxyl groups excluding tert-OH is 1. The number of thiocarbonyl (C=S) groups is 1. The van der Waals surface area contributed by atoms with Gasteiger partial charge in [0, 0.05) is 12.3 Å². The van der Waals surface area contributed by atoms with E-state index in [1.54, 1.807) is 31.2 Å². The molecule has 0 heterocycles. The number of hydrogen-bond donors (Lipinski definition) is 3. The van der Waals surface area contributed by atoms with Crippen LogP contribution in [0.3, 0.4) is 0 Å². The van der Waals surface area contributed by atoms with Crippen LogP contribution >= 0.6 is 12.2 Å². The number of hydrogen-bond acceptors (Lipinski definition) is 4. The molecule has 0 aliphatic rings. The third kappa shape index (κ3) is 4.45. The average Bonchev–Trinajstić information content (AvgIpc) is 2.31. The lowest BCUT2D eigenvalue weighted by Crippen LogP contribution is -2.37. The number of benzene rings is 1. The van der Waals surface area contributed by atoms with Gasteiger partial charge >= 0.3 is 0 Å². The highest BCUT2D eigenvalue weighted by Crippen LogP contribution is 2.15. The van der Waals surface area contributed by atoms with Crippen LogP contribution in [0.25, 0.3) is 0 Å². The van der Waals surface area contributed by atoms with Gasteiger partial charge in [0.25, 0.3) is 0 Å². The summed E-state index contributed by atoms with van der Waals surface area (Å²) in [5, 5.41) is 7.93. The second kappa shape index (κ2) is 6.83. The van der Waals surface area contributed by atoms with Crippen molar-refractivity contribution in [3.63, 3.8) is 0 Å². The predicted octanol–water partition coefficient (Wildman–Crippen LogP) is 1.03.